The number of hydrogen-bond acceptors (Lipinski definition) is 9. The zero-order chi connectivity index (χ0) is 25.2. The predicted molar refractivity (Wildman–Crippen MR) is 123 cm³/mol. The fraction of sp³-hybridized carbons (Fsp3) is 0.480. The van der Waals surface area contributed by atoms with Gasteiger partial charge in [0.25, 0.3) is 5.91 Å². The summed E-state index contributed by atoms with van der Waals surface area (Å²) in [6.45, 7) is 3.09. The van der Waals surface area contributed by atoms with Gasteiger partial charge in [-0.15, -0.1) is 0 Å². The minimum atomic E-state index is -1.33. The first kappa shape index (κ1) is 26.6. The van der Waals surface area contributed by atoms with E-state index in [4.69, 9.17) is 28.8 Å². The molecule has 0 radical (unpaired) electrons. The van der Waals surface area contributed by atoms with Gasteiger partial charge in [-0.1, -0.05) is 30.3 Å². The van der Waals surface area contributed by atoms with Crippen molar-refractivity contribution >= 4 is 17.8 Å². The molecular formula is C25H31NO9. The van der Waals surface area contributed by atoms with Gasteiger partial charge >= 0.3 is 6.09 Å². The number of amides is 2. The molecular weight excluding hydrogens is 458 g/mol. The maximum Gasteiger partial charge on any atom is 0.417 e. The van der Waals surface area contributed by atoms with Crippen LogP contribution < -0.4 is 0 Å². The van der Waals surface area contributed by atoms with E-state index < -0.39 is 42.1 Å². The second-order valence-corrected chi connectivity index (χ2v) is 7.94. The normalized spacial score (nSPS) is 23.9. The third kappa shape index (κ3) is 6.76. The van der Waals surface area contributed by atoms with Gasteiger partial charge in [0.05, 0.1) is 39.1 Å². The summed E-state index contributed by atoms with van der Waals surface area (Å²) in [7, 11) is 1.29. The minimum Gasteiger partial charge on any atom is -0.479 e. The van der Waals surface area contributed by atoms with Crippen LogP contribution in [0.1, 0.15) is 25.0 Å². The number of cyclic esters (lactones) is 1. The van der Waals surface area contributed by atoms with E-state index in [0.29, 0.717) is 32.0 Å². The predicted octanol–water partition coefficient (Wildman–Crippen LogP) is 1.93. The van der Waals surface area contributed by atoms with Crippen molar-refractivity contribution < 1.29 is 43.2 Å². The Hall–Kier alpha value is -3.05. The van der Waals surface area contributed by atoms with E-state index in [1.165, 1.54) is 19.3 Å². The maximum absolute atomic E-state index is 13.3. The first-order chi connectivity index (χ1) is 17.0. The second kappa shape index (κ2) is 13.1. The molecule has 0 saturated carbocycles. The number of carbonyl (C=O) groups is 3. The SMILES string of the molecule is CO[C@H](C(=O)N1C(=O)O[C@H](c2ccccc2)[C@@H]1C)[C@@H]1OC(=CCCOCCOCCO)C=CC1=O. The van der Waals surface area contributed by atoms with Crippen molar-refractivity contribution in [3.8, 4) is 0 Å². The van der Waals surface area contributed by atoms with Crippen molar-refractivity contribution in [2.75, 3.05) is 40.1 Å². The molecule has 35 heavy (non-hydrogen) atoms. The van der Waals surface area contributed by atoms with Gasteiger partial charge in [0.2, 0.25) is 0 Å². The monoisotopic (exact) mass is 489 g/mol. The largest absolute Gasteiger partial charge is 0.479 e. The maximum atomic E-state index is 13.3. The summed E-state index contributed by atoms with van der Waals surface area (Å²) in [6, 6.07) is 8.53. The van der Waals surface area contributed by atoms with Crippen molar-refractivity contribution in [2.45, 2.75) is 37.7 Å². The number of methoxy groups -OCH3 is 1. The van der Waals surface area contributed by atoms with Gasteiger partial charge in [0, 0.05) is 7.11 Å². The van der Waals surface area contributed by atoms with E-state index in [2.05, 4.69) is 0 Å². The molecule has 10 heteroatoms. The van der Waals surface area contributed by atoms with Crippen LogP contribution in [-0.4, -0.2) is 86.2 Å². The van der Waals surface area contributed by atoms with Gasteiger partial charge in [0.1, 0.15) is 11.9 Å². The zero-order valence-electron chi connectivity index (χ0n) is 19.8. The number of ketones is 1. The number of benzene rings is 1. The highest BCUT2D eigenvalue weighted by Crippen LogP contribution is 2.33. The Bertz CT molecular complexity index is 930. The van der Waals surface area contributed by atoms with E-state index in [9.17, 15) is 14.4 Å². The quantitative estimate of drug-likeness (QED) is 0.439. The molecule has 4 atom stereocenters. The van der Waals surface area contributed by atoms with Gasteiger partial charge in [0.15, 0.2) is 18.0 Å². The van der Waals surface area contributed by atoms with E-state index in [1.54, 1.807) is 13.0 Å². The van der Waals surface area contributed by atoms with E-state index in [-0.39, 0.29) is 13.2 Å². The van der Waals surface area contributed by atoms with Crippen LogP contribution in [0.3, 0.4) is 0 Å². The van der Waals surface area contributed by atoms with E-state index >= 15 is 0 Å². The Labute approximate surface area is 204 Å². The van der Waals surface area contributed by atoms with Gasteiger partial charge in [-0.3, -0.25) is 9.59 Å². The lowest BCUT2D eigenvalue weighted by molar-refractivity contribution is -0.153. The molecule has 0 aromatic heterocycles. The third-order valence-electron chi connectivity index (χ3n) is 5.58. The Morgan fingerprint density at radius 3 is 2.49 bits per heavy atom. The summed E-state index contributed by atoms with van der Waals surface area (Å²) < 4.78 is 27.1. The lowest BCUT2D eigenvalue weighted by atomic mass is 10.0. The summed E-state index contributed by atoms with van der Waals surface area (Å²) in [5, 5.41) is 8.66. The standard InChI is InChI=1S/C25H31NO9/c1-17-21(18-7-4-3-5-8-18)35-25(30)26(17)24(29)23(31-2)22-20(28)11-10-19(34-22)9-6-13-32-15-16-33-14-12-27/h3-5,7-11,17,21-23,27H,6,12-16H2,1-2H3/t17-,21-,22+,23-/m0/s1. The summed E-state index contributed by atoms with van der Waals surface area (Å²) in [4.78, 5) is 39.4. The average Bonchev–Trinajstić information content (AvgIpc) is 3.17. The molecule has 10 nitrogen and oxygen atoms in total. The highest BCUT2D eigenvalue weighted by molar-refractivity contribution is 6.03. The fourth-order valence-corrected chi connectivity index (χ4v) is 3.84. The molecule has 0 spiro atoms. The third-order valence-corrected chi connectivity index (χ3v) is 5.58. The number of hydrogen-bond donors (Lipinski definition) is 1. The number of aliphatic hydroxyl groups excluding tert-OH is 1. The molecule has 1 saturated heterocycles. The van der Waals surface area contributed by atoms with Crippen molar-refractivity contribution in [3.63, 3.8) is 0 Å². The lowest BCUT2D eigenvalue weighted by Gasteiger charge is -2.30. The average molecular weight is 490 g/mol. The number of ether oxygens (including phenoxy) is 5. The minimum absolute atomic E-state index is 0.0356. The lowest BCUT2D eigenvalue weighted by Crippen LogP contribution is -2.52. The first-order valence-corrected chi connectivity index (χ1v) is 11.4. The molecule has 1 aromatic rings. The Kier molecular flexibility index (Phi) is 9.98. The Morgan fingerprint density at radius 1 is 1.09 bits per heavy atom. The Balaban J connectivity index is 1.61. The van der Waals surface area contributed by atoms with Crippen molar-refractivity contribution in [3.05, 3.63) is 59.9 Å². The molecule has 2 aliphatic rings. The molecule has 3 rings (SSSR count). The molecule has 2 heterocycles. The Morgan fingerprint density at radius 2 is 1.80 bits per heavy atom. The molecule has 0 bridgehead atoms. The summed E-state index contributed by atoms with van der Waals surface area (Å²) in [6.07, 6.45) is 1.07. The number of allylic oxidation sites excluding steroid dienone is 1. The van der Waals surface area contributed by atoms with Crippen LogP contribution in [0.4, 0.5) is 4.79 Å². The van der Waals surface area contributed by atoms with Crippen LogP contribution in [0.2, 0.25) is 0 Å². The molecule has 2 aliphatic heterocycles. The highest BCUT2D eigenvalue weighted by atomic mass is 16.6. The van der Waals surface area contributed by atoms with Gasteiger partial charge in [-0.25, -0.2) is 9.69 Å². The number of aliphatic hydroxyl groups is 1. The molecule has 0 aliphatic carbocycles. The fourth-order valence-electron chi connectivity index (χ4n) is 3.84. The van der Waals surface area contributed by atoms with Crippen LogP contribution in [0, 0.1) is 0 Å². The van der Waals surface area contributed by atoms with Crippen LogP contribution in [0.15, 0.2) is 54.3 Å². The van der Waals surface area contributed by atoms with Crippen molar-refractivity contribution in [1.82, 2.24) is 4.90 Å². The molecule has 1 fully saturated rings. The van der Waals surface area contributed by atoms with Gasteiger partial charge in [-0.2, -0.15) is 0 Å². The van der Waals surface area contributed by atoms with E-state index in [1.807, 2.05) is 30.3 Å². The topological polar surface area (TPSA) is 121 Å². The van der Waals surface area contributed by atoms with Crippen LogP contribution in [0.5, 0.6) is 0 Å². The smallest absolute Gasteiger partial charge is 0.417 e. The summed E-state index contributed by atoms with van der Waals surface area (Å²) in [5.41, 5.74) is 0.762. The van der Waals surface area contributed by atoms with Crippen LogP contribution >= 0.6 is 0 Å². The summed E-state index contributed by atoms with van der Waals surface area (Å²) >= 11 is 0. The van der Waals surface area contributed by atoms with Crippen LogP contribution in [0.25, 0.3) is 0 Å². The van der Waals surface area contributed by atoms with Gasteiger partial charge in [-0.05, 0) is 37.1 Å². The second-order valence-electron chi connectivity index (χ2n) is 7.94. The zero-order valence-corrected chi connectivity index (χ0v) is 19.8. The highest BCUT2D eigenvalue weighted by Gasteiger charge is 2.48. The number of rotatable bonds is 12. The first-order valence-electron chi connectivity index (χ1n) is 11.4. The molecule has 2 amide bonds. The van der Waals surface area contributed by atoms with Crippen LogP contribution in [-0.2, 0) is 33.3 Å². The number of carbonyl (C=O) groups excluding carboxylic acids is 3. The van der Waals surface area contributed by atoms with Crippen molar-refractivity contribution in [1.29, 1.82) is 0 Å². The summed E-state index contributed by atoms with van der Waals surface area (Å²) in [5.74, 6) is -0.758. The molecule has 0 unspecified atom stereocenters. The van der Waals surface area contributed by atoms with Crippen molar-refractivity contribution in [2.24, 2.45) is 0 Å². The molecule has 1 aromatic carbocycles. The molecule has 1 N–H and O–H groups in total. The number of imide groups is 1. The van der Waals surface area contributed by atoms with Gasteiger partial charge < -0.3 is 28.8 Å². The van der Waals surface area contributed by atoms with E-state index in [0.717, 1.165) is 10.5 Å². The molecule has 190 valence electrons. The number of nitrogens with zero attached hydrogens (tertiary/aromatic N) is 1.